The third-order valence-electron chi connectivity index (χ3n) is 1.37. The standard InChI is InChI=1S/C5H14N2O3/c1-3-5(6(2)8)4-7(9)10/h5,8-10H,3-4H2,1-2H3. The molecule has 0 aliphatic rings. The van der Waals surface area contributed by atoms with E-state index in [0.717, 1.165) is 5.06 Å². The van der Waals surface area contributed by atoms with Crippen molar-refractivity contribution in [3.8, 4) is 0 Å². The molecule has 0 amide bonds. The number of hydroxylamine groups is 4. The molecule has 62 valence electrons. The molecule has 0 aromatic rings. The molecule has 0 saturated carbocycles. The zero-order valence-electron chi connectivity index (χ0n) is 6.23. The van der Waals surface area contributed by atoms with Gasteiger partial charge in [0.05, 0.1) is 12.6 Å². The van der Waals surface area contributed by atoms with Crippen LogP contribution < -0.4 is 0 Å². The van der Waals surface area contributed by atoms with E-state index < -0.39 is 0 Å². The van der Waals surface area contributed by atoms with Gasteiger partial charge in [-0.05, 0) is 6.42 Å². The zero-order chi connectivity index (χ0) is 8.15. The smallest absolute Gasteiger partial charge is 0.0691 e. The summed E-state index contributed by atoms with van der Waals surface area (Å²) in [4.78, 5) is 0. The average Bonchev–Trinajstić information content (AvgIpc) is 1.81. The fourth-order valence-corrected chi connectivity index (χ4v) is 0.700. The first-order chi connectivity index (χ1) is 4.57. The van der Waals surface area contributed by atoms with Crippen molar-refractivity contribution in [3.05, 3.63) is 0 Å². The Hall–Kier alpha value is -0.200. The van der Waals surface area contributed by atoms with Crippen molar-refractivity contribution in [2.45, 2.75) is 19.4 Å². The summed E-state index contributed by atoms with van der Waals surface area (Å²) in [6, 6.07) is -0.241. The summed E-state index contributed by atoms with van der Waals surface area (Å²) in [5, 5.41) is 26.6. The lowest BCUT2D eigenvalue weighted by Crippen LogP contribution is -2.37. The second kappa shape index (κ2) is 4.59. The highest BCUT2D eigenvalue weighted by Gasteiger charge is 2.12. The van der Waals surface area contributed by atoms with E-state index in [0.29, 0.717) is 6.42 Å². The fourth-order valence-electron chi connectivity index (χ4n) is 0.700. The van der Waals surface area contributed by atoms with Gasteiger partial charge in [-0.3, -0.25) is 10.4 Å². The minimum absolute atomic E-state index is 0.0174. The molecule has 0 saturated heterocycles. The van der Waals surface area contributed by atoms with Crippen molar-refractivity contribution in [1.82, 2.24) is 10.3 Å². The minimum atomic E-state index is -0.241. The van der Waals surface area contributed by atoms with Gasteiger partial charge >= 0.3 is 0 Å². The van der Waals surface area contributed by atoms with Gasteiger partial charge in [0.15, 0.2) is 0 Å². The van der Waals surface area contributed by atoms with Crippen LogP contribution >= 0.6 is 0 Å². The second-order valence-corrected chi connectivity index (χ2v) is 2.19. The Morgan fingerprint density at radius 3 is 1.90 bits per heavy atom. The third-order valence-corrected chi connectivity index (χ3v) is 1.37. The lowest BCUT2D eigenvalue weighted by atomic mass is 10.2. The second-order valence-electron chi connectivity index (χ2n) is 2.19. The van der Waals surface area contributed by atoms with Crippen LogP contribution in [0.4, 0.5) is 0 Å². The van der Waals surface area contributed by atoms with Gasteiger partial charge < -0.3 is 5.21 Å². The summed E-state index contributed by atoms with van der Waals surface area (Å²) in [6.07, 6.45) is 0.657. The van der Waals surface area contributed by atoms with Gasteiger partial charge in [0.2, 0.25) is 0 Å². The van der Waals surface area contributed by atoms with Crippen LogP contribution in [0.1, 0.15) is 13.3 Å². The van der Waals surface area contributed by atoms with Crippen LogP contribution in [0.25, 0.3) is 0 Å². The number of hydrogen-bond acceptors (Lipinski definition) is 5. The lowest BCUT2D eigenvalue weighted by molar-refractivity contribution is -0.318. The first-order valence-corrected chi connectivity index (χ1v) is 3.15. The molecule has 0 fully saturated rings. The third kappa shape index (κ3) is 3.76. The summed E-state index contributed by atoms with van der Waals surface area (Å²) in [5.74, 6) is 0. The maximum Gasteiger partial charge on any atom is 0.0691 e. The molecule has 10 heavy (non-hydrogen) atoms. The van der Waals surface area contributed by atoms with Gasteiger partial charge in [0.1, 0.15) is 0 Å². The van der Waals surface area contributed by atoms with E-state index in [1.807, 2.05) is 6.92 Å². The monoisotopic (exact) mass is 150 g/mol. The SMILES string of the molecule is CCC(CN(O)O)N(C)O. The Kier molecular flexibility index (Phi) is 4.50. The summed E-state index contributed by atoms with van der Waals surface area (Å²) in [7, 11) is 1.47. The lowest BCUT2D eigenvalue weighted by Gasteiger charge is -2.21. The summed E-state index contributed by atoms with van der Waals surface area (Å²) >= 11 is 0. The van der Waals surface area contributed by atoms with Crippen molar-refractivity contribution in [3.63, 3.8) is 0 Å². The van der Waals surface area contributed by atoms with E-state index in [1.165, 1.54) is 7.05 Å². The van der Waals surface area contributed by atoms with E-state index in [-0.39, 0.29) is 17.8 Å². The molecule has 1 unspecified atom stereocenters. The largest absolute Gasteiger partial charge is 0.314 e. The number of hydrogen-bond donors (Lipinski definition) is 3. The first kappa shape index (κ1) is 9.80. The molecule has 0 bridgehead atoms. The molecule has 0 spiro atoms. The summed E-state index contributed by atoms with van der Waals surface area (Å²) in [5.41, 5.74) is 0. The molecule has 0 heterocycles. The molecule has 5 nitrogen and oxygen atoms in total. The van der Waals surface area contributed by atoms with Gasteiger partial charge in [-0.25, -0.2) is 0 Å². The van der Waals surface area contributed by atoms with Gasteiger partial charge in [-0.2, -0.15) is 5.06 Å². The van der Waals surface area contributed by atoms with Crippen molar-refractivity contribution in [2.75, 3.05) is 13.6 Å². The van der Waals surface area contributed by atoms with Crippen LogP contribution in [-0.2, 0) is 0 Å². The molecule has 0 aliphatic carbocycles. The Bertz CT molecular complexity index is 87.0. The Labute approximate surface area is 60.0 Å². The van der Waals surface area contributed by atoms with Gasteiger partial charge in [0.25, 0.3) is 0 Å². The predicted octanol–water partition coefficient (Wildman–Crippen LogP) is 0.166. The fraction of sp³-hybridized carbons (Fsp3) is 1.00. The molecule has 0 aromatic heterocycles. The van der Waals surface area contributed by atoms with Crippen LogP contribution in [0, 0.1) is 0 Å². The number of nitrogens with zero attached hydrogens (tertiary/aromatic N) is 2. The van der Waals surface area contributed by atoms with Crippen molar-refractivity contribution < 1.29 is 15.6 Å². The molecule has 0 aromatic carbocycles. The first-order valence-electron chi connectivity index (χ1n) is 3.15. The maximum absolute atomic E-state index is 8.85. The van der Waals surface area contributed by atoms with E-state index in [1.54, 1.807) is 0 Å². The van der Waals surface area contributed by atoms with Gasteiger partial charge in [0, 0.05) is 7.05 Å². The molecule has 0 aliphatic heterocycles. The van der Waals surface area contributed by atoms with Crippen molar-refractivity contribution in [1.29, 1.82) is 0 Å². The van der Waals surface area contributed by atoms with Crippen LogP contribution in [0.3, 0.4) is 0 Å². The quantitative estimate of drug-likeness (QED) is 0.498. The predicted molar refractivity (Wildman–Crippen MR) is 33.9 cm³/mol. The summed E-state index contributed by atoms with van der Waals surface area (Å²) in [6.45, 7) is 1.87. The highest BCUT2D eigenvalue weighted by Crippen LogP contribution is 1.98. The van der Waals surface area contributed by atoms with Gasteiger partial charge in [-0.1, -0.05) is 12.2 Å². The Morgan fingerprint density at radius 1 is 1.30 bits per heavy atom. The van der Waals surface area contributed by atoms with Crippen LogP contribution in [0.15, 0.2) is 0 Å². The van der Waals surface area contributed by atoms with Crippen molar-refractivity contribution >= 4 is 0 Å². The number of likely N-dealkylation sites (N-methyl/N-ethyl adjacent to an activating group) is 1. The topological polar surface area (TPSA) is 67.2 Å². The van der Waals surface area contributed by atoms with E-state index in [9.17, 15) is 0 Å². The van der Waals surface area contributed by atoms with E-state index >= 15 is 0 Å². The molecule has 5 heteroatoms. The van der Waals surface area contributed by atoms with E-state index in [4.69, 9.17) is 15.6 Å². The summed E-state index contributed by atoms with van der Waals surface area (Å²) < 4.78 is 0. The molecular formula is C5H14N2O3. The van der Waals surface area contributed by atoms with Crippen LogP contribution in [0.2, 0.25) is 0 Å². The Morgan fingerprint density at radius 2 is 1.80 bits per heavy atom. The molecule has 0 radical (unpaired) electrons. The van der Waals surface area contributed by atoms with E-state index in [2.05, 4.69) is 0 Å². The Balaban J connectivity index is 3.60. The van der Waals surface area contributed by atoms with Gasteiger partial charge in [-0.15, -0.1) is 0 Å². The van der Waals surface area contributed by atoms with Crippen LogP contribution in [-0.4, -0.2) is 45.5 Å². The molecule has 1 atom stereocenters. The normalized spacial score (nSPS) is 14.7. The minimum Gasteiger partial charge on any atom is -0.314 e. The highest BCUT2D eigenvalue weighted by atomic mass is 16.8. The zero-order valence-corrected chi connectivity index (χ0v) is 6.23. The maximum atomic E-state index is 8.85. The average molecular weight is 150 g/mol. The van der Waals surface area contributed by atoms with Crippen LogP contribution in [0.5, 0.6) is 0 Å². The molecule has 0 rings (SSSR count). The highest BCUT2D eigenvalue weighted by molar-refractivity contribution is 4.59. The molecule has 3 N–H and O–H groups in total. The van der Waals surface area contributed by atoms with Crippen molar-refractivity contribution in [2.24, 2.45) is 0 Å². The molecular weight excluding hydrogens is 136 g/mol. The number of rotatable bonds is 4.